The van der Waals surface area contributed by atoms with Crippen LogP contribution in [0.4, 0.5) is 0 Å². The number of rotatable bonds is 5. The average molecular weight is 314 g/mol. The third-order valence-corrected chi connectivity index (χ3v) is 3.21. The Balaban J connectivity index is 2.13. The molecular weight excluding hydrogens is 296 g/mol. The normalized spacial score (nSPS) is 10.6. The van der Waals surface area contributed by atoms with E-state index in [-0.39, 0.29) is 5.75 Å². The molecule has 0 aromatic heterocycles. The molecule has 0 heterocycles. The molecule has 0 atom stereocenters. The van der Waals surface area contributed by atoms with Gasteiger partial charge in [0.15, 0.2) is 0 Å². The fourth-order valence-electron chi connectivity index (χ4n) is 1.98. The Hall–Kier alpha value is -3.02. The van der Waals surface area contributed by atoms with E-state index < -0.39 is 5.91 Å². The molecule has 0 aliphatic carbocycles. The first-order chi connectivity index (χ1) is 11.0. The maximum Gasteiger partial charge on any atom is 0.275 e. The molecule has 6 heteroatoms. The van der Waals surface area contributed by atoms with E-state index in [9.17, 15) is 9.90 Å². The van der Waals surface area contributed by atoms with Crippen molar-refractivity contribution in [1.82, 2.24) is 5.43 Å². The molecule has 0 saturated heterocycles. The van der Waals surface area contributed by atoms with Crippen molar-refractivity contribution in [1.29, 1.82) is 0 Å². The summed E-state index contributed by atoms with van der Waals surface area (Å²) in [5.74, 6) is 0.644. The number of amides is 1. The highest BCUT2D eigenvalue weighted by Gasteiger charge is 2.12. The third kappa shape index (κ3) is 4.00. The van der Waals surface area contributed by atoms with Gasteiger partial charge in [-0.25, -0.2) is 5.43 Å². The number of nitrogens with zero attached hydrogens (tertiary/aromatic N) is 1. The minimum atomic E-state index is -0.423. The monoisotopic (exact) mass is 314 g/mol. The molecule has 0 bridgehead atoms. The van der Waals surface area contributed by atoms with E-state index >= 15 is 0 Å². The van der Waals surface area contributed by atoms with E-state index in [1.807, 2.05) is 6.92 Å². The van der Waals surface area contributed by atoms with Crippen LogP contribution in [0.1, 0.15) is 21.5 Å². The lowest BCUT2D eigenvalue weighted by atomic mass is 10.1. The Kier molecular flexibility index (Phi) is 5.19. The van der Waals surface area contributed by atoms with E-state index in [0.717, 1.165) is 5.56 Å². The summed E-state index contributed by atoms with van der Waals surface area (Å²) in [5.41, 5.74) is 4.24. The molecule has 1 amide bonds. The second-order valence-electron chi connectivity index (χ2n) is 4.83. The maximum atomic E-state index is 12.2. The number of hydrogen-bond donors (Lipinski definition) is 2. The van der Waals surface area contributed by atoms with Crippen LogP contribution in [0.3, 0.4) is 0 Å². The largest absolute Gasteiger partial charge is 0.507 e. The SMILES string of the molecule is COc1ccc(C(=O)N/N=C/c2cc(C)ccc2O)c(OC)c1. The fourth-order valence-corrected chi connectivity index (χ4v) is 1.98. The molecule has 2 rings (SSSR count). The van der Waals surface area contributed by atoms with Gasteiger partial charge in [-0.15, -0.1) is 0 Å². The lowest BCUT2D eigenvalue weighted by Gasteiger charge is -2.09. The molecule has 2 aromatic carbocycles. The number of carbonyl (C=O) groups is 1. The van der Waals surface area contributed by atoms with Crippen LogP contribution in [0, 0.1) is 6.92 Å². The molecule has 0 aliphatic rings. The smallest absolute Gasteiger partial charge is 0.275 e. The average Bonchev–Trinajstić information content (AvgIpc) is 2.57. The van der Waals surface area contributed by atoms with Gasteiger partial charge in [0.2, 0.25) is 0 Å². The van der Waals surface area contributed by atoms with Gasteiger partial charge >= 0.3 is 0 Å². The molecule has 0 fully saturated rings. The molecule has 2 aromatic rings. The number of methoxy groups -OCH3 is 2. The summed E-state index contributed by atoms with van der Waals surface area (Å²) < 4.78 is 10.3. The van der Waals surface area contributed by atoms with E-state index in [0.29, 0.717) is 22.6 Å². The van der Waals surface area contributed by atoms with Crippen molar-refractivity contribution in [2.24, 2.45) is 5.10 Å². The van der Waals surface area contributed by atoms with Gasteiger partial charge in [-0.1, -0.05) is 11.6 Å². The minimum Gasteiger partial charge on any atom is -0.507 e. The first kappa shape index (κ1) is 16.4. The molecule has 2 N–H and O–H groups in total. The van der Waals surface area contributed by atoms with Crippen LogP contribution in [-0.4, -0.2) is 31.4 Å². The molecule has 0 spiro atoms. The van der Waals surface area contributed by atoms with Crippen molar-refractivity contribution >= 4 is 12.1 Å². The number of carbonyl (C=O) groups excluding carboxylic acids is 1. The summed E-state index contributed by atoms with van der Waals surface area (Å²) in [5, 5.41) is 13.6. The summed E-state index contributed by atoms with van der Waals surface area (Å²) >= 11 is 0. The van der Waals surface area contributed by atoms with Gasteiger partial charge in [-0.2, -0.15) is 5.10 Å². The maximum absolute atomic E-state index is 12.2. The summed E-state index contributed by atoms with van der Waals surface area (Å²) in [6.07, 6.45) is 1.39. The number of ether oxygens (including phenoxy) is 2. The molecule has 23 heavy (non-hydrogen) atoms. The fraction of sp³-hybridized carbons (Fsp3) is 0.176. The molecule has 6 nitrogen and oxygen atoms in total. The van der Waals surface area contributed by atoms with Gasteiger partial charge < -0.3 is 14.6 Å². The molecule has 0 saturated carbocycles. The summed E-state index contributed by atoms with van der Waals surface area (Å²) in [6.45, 7) is 1.90. The van der Waals surface area contributed by atoms with Gasteiger partial charge in [0, 0.05) is 11.6 Å². The van der Waals surface area contributed by atoms with Crippen LogP contribution in [0.25, 0.3) is 0 Å². The Morgan fingerprint density at radius 3 is 2.65 bits per heavy atom. The zero-order valence-electron chi connectivity index (χ0n) is 13.2. The van der Waals surface area contributed by atoms with E-state index in [2.05, 4.69) is 10.5 Å². The molecule has 0 aliphatic heterocycles. The Morgan fingerprint density at radius 2 is 1.96 bits per heavy atom. The lowest BCUT2D eigenvalue weighted by molar-refractivity contribution is 0.0952. The zero-order valence-corrected chi connectivity index (χ0v) is 13.2. The second-order valence-corrected chi connectivity index (χ2v) is 4.83. The van der Waals surface area contributed by atoms with Gasteiger partial charge in [-0.3, -0.25) is 4.79 Å². The lowest BCUT2D eigenvalue weighted by Crippen LogP contribution is -2.18. The van der Waals surface area contributed by atoms with Crippen molar-refractivity contribution in [3.63, 3.8) is 0 Å². The van der Waals surface area contributed by atoms with Crippen molar-refractivity contribution in [3.8, 4) is 17.2 Å². The van der Waals surface area contributed by atoms with Crippen molar-refractivity contribution in [2.75, 3.05) is 14.2 Å². The quantitative estimate of drug-likeness (QED) is 0.656. The Bertz CT molecular complexity index is 741. The number of nitrogens with one attached hydrogen (secondary N) is 1. The topological polar surface area (TPSA) is 80.2 Å². The summed E-state index contributed by atoms with van der Waals surface area (Å²) in [4.78, 5) is 12.2. The van der Waals surface area contributed by atoms with Crippen molar-refractivity contribution < 1.29 is 19.4 Å². The summed E-state index contributed by atoms with van der Waals surface area (Å²) in [6, 6.07) is 9.99. The Morgan fingerprint density at radius 1 is 1.17 bits per heavy atom. The van der Waals surface area contributed by atoms with Crippen LogP contribution in [0.5, 0.6) is 17.2 Å². The summed E-state index contributed by atoms with van der Waals surface area (Å²) in [7, 11) is 3.01. The van der Waals surface area contributed by atoms with Gasteiger partial charge in [-0.05, 0) is 31.2 Å². The highest BCUT2D eigenvalue weighted by atomic mass is 16.5. The van der Waals surface area contributed by atoms with Crippen LogP contribution < -0.4 is 14.9 Å². The highest BCUT2D eigenvalue weighted by Crippen LogP contribution is 2.24. The highest BCUT2D eigenvalue weighted by molar-refractivity contribution is 5.97. The van der Waals surface area contributed by atoms with Crippen LogP contribution >= 0.6 is 0 Å². The van der Waals surface area contributed by atoms with E-state index in [1.54, 1.807) is 36.4 Å². The number of hydrazone groups is 1. The number of benzene rings is 2. The standard InChI is InChI=1S/C17H18N2O4/c1-11-4-7-15(20)12(8-11)10-18-19-17(21)14-6-5-13(22-2)9-16(14)23-3/h4-10,20H,1-3H3,(H,19,21)/b18-10+. The minimum absolute atomic E-state index is 0.0932. The van der Waals surface area contributed by atoms with E-state index in [1.165, 1.54) is 20.4 Å². The predicted octanol–water partition coefficient (Wildman–Crippen LogP) is 2.48. The zero-order chi connectivity index (χ0) is 16.8. The van der Waals surface area contributed by atoms with Crippen LogP contribution in [-0.2, 0) is 0 Å². The molecular formula is C17H18N2O4. The van der Waals surface area contributed by atoms with Crippen molar-refractivity contribution in [3.05, 3.63) is 53.1 Å². The van der Waals surface area contributed by atoms with Crippen molar-refractivity contribution in [2.45, 2.75) is 6.92 Å². The number of aryl methyl sites for hydroxylation is 1. The van der Waals surface area contributed by atoms with Gasteiger partial charge in [0.05, 0.1) is 26.0 Å². The number of phenolic OH excluding ortho intramolecular Hbond substituents is 1. The molecule has 0 unspecified atom stereocenters. The first-order valence-electron chi connectivity index (χ1n) is 6.90. The predicted molar refractivity (Wildman–Crippen MR) is 87.5 cm³/mol. The van der Waals surface area contributed by atoms with Gasteiger partial charge in [0.1, 0.15) is 17.2 Å². The Labute approximate surface area is 134 Å². The first-order valence-corrected chi connectivity index (χ1v) is 6.90. The van der Waals surface area contributed by atoms with Crippen LogP contribution in [0.2, 0.25) is 0 Å². The number of hydrogen-bond acceptors (Lipinski definition) is 5. The molecule has 120 valence electrons. The number of phenols is 1. The molecule has 0 radical (unpaired) electrons. The second kappa shape index (κ2) is 7.31. The van der Waals surface area contributed by atoms with Gasteiger partial charge in [0.25, 0.3) is 5.91 Å². The van der Waals surface area contributed by atoms with Crippen LogP contribution in [0.15, 0.2) is 41.5 Å². The number of aromatic hydroxyl groups is 1. The van der Waals surface area contributed by atoms with E-state index in [4.69, 9.17) is 9.47 Å². The third-order valence-electron chi connectivity index (χ3n) is 3.21.